The van der Waals surface area contributed by atoms with E-state index in [1.165, 1.54) is 0 Å². The molecule has 0 unspecified atom stereocenters. The predicted octanol–water partition coefficient (Wildman–Crippen LogP) is 4.07. The highest BCUT2D eigenvalue weighted by Gasteiger charge is 2.55. The van der Waals surface area contributed by atoms with Crippen LogP contribution in [0.15, 0.2) is 60.7 Å². The Morgan fingerprint density at radius 1 is 0.682 bits per heavy atom. The molecule has 2 rings (SSSR count). The molecule has 0 amide bonds. The zero-order valence-electron chi connectivity index (χ0n) is 15.7. The molecule has 2 heteroatoms. The minimum atomic E-state index is -1.12. The van der Waals surface area contributed by atoms with Crippen molar-refractivity contribution in [1.82, 2.24) is 0 Å². The van der Waals surface area contributed by atoms with E-state index in [0.29, 0.717) is 0 Å². The Balaban J connectivity index is 2.86. The fraction of sp³-hybridized carbons (Fsp3) is 0.400. The summed E-state index contributed by atoms with van der Waals surface area (Å²) in [6.07, 6.45) is 0. The van der Waals surface area contributed by atoms with Gasteiger partial charge in [-0.15, -0.1) is 0 Å². The van der Waals surface area contributed by atoms with E-state index < -0.39 is 11.2 Å². The van der Waals surface area contributed by atoms with Crippen LogP contribution >= 0.6 is 0 Å². The lowest BCUT2D eigenvalue weighted by Gasteiger charge is -2.49. The minimum Gasteiger partial charge on any atom is -0.381 e. The normalized spacial score (nSPS) is 18.5. The Labute approximate surface area is 136 Å². The molecule has 0 heterocycles. The van der Waals surface area contributed by atoms with E-state index in [2.05, 4.69) is 0 Å². The topological polar surface area (TPSA) is 40.5 Å². The van der Waals surface area contributed by atoms with Gasteiger partial charge in [0.2, 0.25) is 2.86 Å². The zero-order chi connectivity index (χ0) is 17.8. The van der Waals surface area contributed by atoms with Crippen molar-refractivity contribution >= 4 is 0 Å². The summed E-state index contributed by atoms with van der Waals surface area (Å²) < 4.78 is 16.0. The lowest BCUT2D eigenvalue weighted by atomic mass is 9.63. The van der Waals surface area contributed by atoms with Crippen molar-refractivity contribution in [2.45, 2.75) is 38.9 Å². The molecular weight excluding hydrogens is 272 g/mol. The number of hydrogen-bond donors (Lipinski definition) is 2. The Morgan fingerprint density at radius 2 is 1.00 bits per heavy atom. The Kier molecular flexibility index (Phi) is 3.96. The van der Waals surface area contributed by atoms with E-state index >= 15 is 0 Å². The number of rotatable bonds is 7. The molecular formula is C20H26O2. The molecule has 0 spiro atoms. The molecule has 0 aliphatic carbocycles. The molecule has 2 aromatic carbocycles. The van der Waals surface area contributed by atoms with Gasteiger partial charge in [-0.05, 0) is 23.0 Å². The molecule has 22 heavy (non-hydrogen) atoms. The summed E-state index contributed by atoms with van der Waals surface area (Å²) in [7, 11) is 0. The molecule has 0 aliphatic rings. The van der Waals surface area contributed by atoms with E-state index in [0.717, 1.165) is 11.1 Å². The van der Waals surface area contributed by atoms with Crippen LogP contribution in [0.25, 0.3) is 0 Å². The molecule has 118 valence electrons. The van der Waals surface area contributed by atoms with Crippen LogP contribution in [0.1, 0.15) is 38.8 Å². The van der Waals surface area contributed by atoms with Gasteiger partial charge >= 0.3 is 0 Å². The molecule has 2 aromatic rings. The predicted molar refractivity (Wildman–Crippen MR) is 90.4 cm³/mol. The highest BCUT2D eigenvalue weighted by atomic mass is 16.4. The average Bonchev–Trinajstić information content (AvgIpc) is 2.60. The maximum atomic E-state index is 8.01. The van der Waals surface area contributed by atoms with Crippen molar-refractivity contribution < 1.29 is 10.2 Å². The first kappa shape index (κ1) is 14.0. The summed E-state index contributed by atoms with van der Waals surface area (Å²) in [4.78, 5) is 0. The molecule has 0 aliphatic heterocycles. The van der Waals surface area contributed by atoms with E-state index in [1.54, 1.807) is 0 Å². The lowest BCUT2D eigenvalue weighted by molar-refractivity contribution is -0.212. The van der Waals surface area contributed by atoms with E-state index in [1.807, 2.05) is 88.4 Å². The summed E-state index contributed by atoms with van der Waals surface area (Å²) in [6.45, 7) is 8.00. The van der Waals surface area contributed by atoms with Crippen molar-refractivity contribution in [2.24, 2.45) is 11.8 Å². The van der Waals surface area contributed by atoms with Crippen LogP contribution in [0.2, 0.25) is 0 Å². The highest BCUT2D eigenvalue weighted by Crippen LogP contribution is 2.49. The standard InChI is InChI=1S/C20H26O2/c1-15(2)19(21,17-11-7-5-8-12-17)20(22,16(3)4)18-13-9-6-10-14-18/h5-16,21-22H,1-4H3/t19-,20-/m0/s1/i21D,22D. The van der Waals surface area contributed by atoms with Gasteiger partial charge in [0.25, 0.3) is 0 Å². The van der Waals surface area contributed by atoms with Gasteiger partial charge in [-0.1, -0.05) is 88.4 Å². The lowest BCUT2D eigenvalue weighted by Crippen LogP contribution is -2.55. The molecule has 0 saturated carbocycles. The molecule has 0 bridgehead atoms. The van der Waals surface area contributed by atoms with Gasteiger partial charge in [0.15, 0.2) is 0 Å². The number of aliphatic hydroxyl groups is 2. The summed E-state index contributed by atoms with van der Waals surface area (Å²) in [5.41, 5.74) is -0.573. The van der Waals surface area contributed by atoms with Gasteiger partial charge in [0, 0.05) is 0 Å². The van der Waals surface area contributed by atoms with Gasteiger partial charge in [0.1, 0.15) is 11.2 Å². The van der Waals surface area contributed by atoms with Crippen molar-refractivity contribution in [3.05, 3.63) is 71.8 Å². The third-order valence-corrected chi connectivity index (χ3v) is 4.58. The monoisotopic (exact) mass is 300 g/mol. The first-order valence-corrected chi connectivity index (χ1v) is 7.87. The van der Waals surface area contributed by atoms with Crippen molar-refractivity contribution in [1.29, 1.82) is 2.86 Å². The Morgan fingerprint density at radius 3 is 1.23 bits per heavy atom. The summed E-state index contributed by atoms with van der Waals surface area (Å²) in [5, 5.41) is 10.9. The fourth-order valence-electron chi connectivity index (χ4n) is 3.32. The minimum absolute atomic E-state index is 0.0923. The Hall–Kier alpha value is -1.64. The van der Waals surface area contributed by atoms with E-state index in [4.69, 9.17) is 13.1 Å². The summed E-state index contributed by atoms with van der Waals surface area (Å²) in [6, 6.07) is 19.3. The SMILES string of the molecule is [2H]O[C@](c1ccccc1)(C(C)C)[C@@](O[2H])(c1ccccc1)C(C)C. The van der Waals surface area contributed by atoms with Crippen molar-refractivity contribution in [3.63, 3.8) is 0 Å². The second-order valence-corrected chi connectivity index (χ2v) is 6.51. The van der Waals surface area contributed by atoms with Crippen LogP contribution in [-0.2, 0) is 11.2 Å². The molecule has 0 saturated heterocycles. The summed E-state index contributed by atoms with van der Waals surface area (Å²) in [5.74, 6) is -0.185. The van der Waals surface area contributed by atoms with E-state index in [9.17, 15) is 0 Å². The van der Waals surface area contributed by atoms with Crippen LogP contribution in [0, 0.1) is 11.8 Å². The van der Waals surface area contributed by atoms with Crippen LogP contribution in [0.5, 0.6) is 0 Å². The maximum Gasteiger partial charge on any atom is 0.212 e. The number of hydrogen-bond acceptors (Lipinski definition) is 2. The van der Waals surface area contributed by atoms with Crippen molar-refractivity contribution in [3.8, 4) is 0 Å². The second kappa shape index (κ2) is 6.23. The van der Waals surface area contributed by atoms with Gasteiger partial charge < -0.3 is 10.2 Å². The molecule has 2 nitrogen and oxygen atoms in total. The fourth-order valence-corrected chi connectivity index (χ4v) is 3.32. The molecule has 2 N–H and O–H groups in total. The van der Waals surface area contributed by atoms with Gasteiger partial charge in [0.05, 0.1) is 0 Å². The average molecular weight is 300 g/mol. The van der Waals surface area contributed by atoms with Gasteiger partial charge in [-0.25, -0.2) is 0 Å². The van der Waals surface area contributed by atoms with Crippen LogP contribution in [-0.4, -0.2) is 13.1 Å². The number of benzene rings is 2. The molecule has 0 aromatic heterocycles. The molecule has 0 radical (unpaired) electrons. The largest absolute Gasteiger partial charge is 0.381 e. The maximum absolute atomic E-state index is 8.01. The third-order valence-electron chi connectivity index (χ3n) is 4.58. The summed E-state index contributed by atoms with van der Waals surface area (Å²) >= 11 is 0. The van der Waals surface area contributed by atoms with Crippen LogP contribution in [0.4, 0.5) is 0 Å². The van der Waals surface area contributed by atoms with Crippen molar-refractivity contribution in [2.75, 3.05) is 0 Å². The zero-order valence-corrected chi connectivity index (χ0v) is 13.7. The smallest absolute Gasteiger partial charge is 0.212 e. The van der Waals surface area contributed by atoms with Gasteiger partial charge in [-0.3, -0.25) is 0 Å². The van der Waals surface area contributed by atoms with Gasteiger partial charge in [-0.2, -0.15) is 0 Å². The molecule has 0 fully saturated rings. The quantitative estimate of drug-likeness (QED) is 0.809. The van der Waals surface area contributed by atoms with Crippen LogP contribution < -0.4 is 0 Å². The van der Waals surface area contributed by atoms with Crippen LogP contribution in [0.3, 0.4) is 0 Å². The van der Waals surface area contributed by atoms with E-state index in [-0.39, 0.29) is 11.8 Å². The first-order valence-electron chi connectivity index (χ1n) is 8.68. The Bertz CT molecular complexity index is 573. The third kappa shape index (κ3) is 2.47. The highest BCUT2D eigenvalue weighted by molar-refractivity contribution is 5.35. The molecule has 2 atom stereocenters. The second-order valence-electron chi connectivity index (χ2n) is 6.51. The first-order chi connectivity index (χ1) is 11.5.